The van der Waals surface area contributed by atoms with Crippen LogP contribution in [0, 0.1) is 6.92 Å². The number of aliphatic hydroxyl groups is 1. The zero-order valence-electron chi connectivity index (χ0n) is 11.1. The summed E-state index contributed by atoms with van der Waals surface area (Å²) in [6.07, 6.45) is 1.49. The molecule has 0 bridgehead atoms. The van der Waals surface area contributed by atoms with Crippen LogP contribution in [-0.2, 0) is 13.2 Å². The van der Waals surface area contributed by atoms with E-state index in [-0.39, 0.29) is 6.61 Å². The average molecular weight is 269 g/mol. The number of benzene rings is 1. The molecule has 0 radical (unpaired) electrons. The van der Waals surface area contributed by atoms with Crippen molar-refractivity contribution in [1.82, 2.24) is 19.6 Å². The maximum absolute atomic E-state index is 9.02. The zero-order chi connectivity index (χ0) is 13.9. The number of hydrogen-bond acceptors (Lipinski definition) is 5. The lowest BCUT2D eigenvalue weighted by Crippen LogP contribution is -2.07. The van der Waals surface area contributed by atoms with Crippen molar-refractivity contribution in [3.63, 3.8) is 0 Å². The van der Waals surface area contributed by atoms with E-state index >= 15 is 0 Å². The Morgan fingerprint density at radius 2 is 1.95 bits per heavy atom. The van der Waals surface area contributed by atoms with Gasteiger partial charge in [-0.25, -0.2) is 4.98 Å². The van der Waals surface area contributed by atoms with Crippen molar-refractivity contribution in [2.75, 3.05) is 5.32 Å². The number of rotatable bonds is 4. The summed E-state index contributed by atoms with van der Waals surface area (Å²) in [6.45, 7) is 2.66. The van der Waals surface area contributed by atoms with Crippen molar-refractivity contribution in [2.45, 2.75) is 20.1 Å². The first-order chi connectivity index (χ1) is 9.76. The van der Waals surface area contributed by atoms with Gasteiger partial charge in [-0.05, 0) is 18.1 Å². The summed E-state index contributed by atoms with van der Waals surface area (Å²) in [5.74, 6) is 1.44. The van der Waals surface area contributed by atoms with Crippen LogP contribution in [0.5, 0.6) is 0 Å². The Morgan fingerprint density at radius 3 is 2.70 bits per heavy atom. The Bertz CT molecular complexity index is 720. The van der Waals surface area contributed by atoms with Gasteiger partial charge in [0.25, 0.3) is 5.78 Å². The van der Waals surface area contributed by atoms with E-state index in [1.54, 1.807) is 4.52 Å². The highest BCUT2D eigenvalue weighted by Crippen LogP contribution is 2.12. The zero-order valence-corrected chi connectivity index (χ0v) is 11.1. The molecule has 0 spiro atoms. The number of hydrogen-bond donors (Lipinski definition) is 2. The van der Waals surface area contributed by atoms with Gasteiger partial charge in [0.1, 0.15) is 12.1 Å². The second-order valence-electron chi connectivity index (χ2n) is 4.58. The van der Waals surface area contributed by atoms with Crippen molar-refractivity contribution in [3.8, 4) is 0 Å². The molecular weight excluding hydrogens is 254 g/mol. The Labute approximate surface area is 116 Å². The predicted molar refractivity (Wildman–Crippen MR) is 75.2 cm³/mol. The van der Waals surface area contributed by atoms with E-state index in [0.717, 1.165) is 22.6 Å². The molecule has 0 aliphatic rings. The standard InChI is InChI=1S/C14H15N5O/c1-10-6-13(19-14(18-10)16-9-17-19)15-7-11-2-4-12(8-20)5-3-11/h2-6,9,15,20H,7-8H2,1H3. The maximum Gasteiger partial charge on any atom is 0.254 e. The van der Waals surface area contributed by atoms with Crippen molar-refractivity contribution in [2.24, 2.45) is 0 Å². The fourth-order valence-corrected chi connectivity index (χ4v) is 2.01. The number of aromatic nitrogens is 4. The molecule has 0 aliphatic carbocycles. The van der Waals surface area contributed by atoms with Crippen LogP contribution in [0.3, 0.4) is 0 Å². The van der Waals surface area contributed by atoms with Gasteiger partial charge in [-0.15, -0.1) is 0 Å². The second-order valence-corrected chi connectivity index (χ2v) is 4.58. The molecule has 2 heterocycles. The van der Waals surface area contributed by atoms with E-state index in [9.17, 15) is 0 Å². The molecule has 0 saturated carbocycles. The third-order valence-electron chi connectivity index (χ3n) is 3.06. The lowest BCUT2D eigenvalue weighted by atomic mass is 10.1. The van der Waals surface area contributed by atoms with Crippen molar-refractivity contribution < 1.29 is 5.11 Å². The highest BCUT2D eigenvalue weighted by molar-refractivity contribution is 5.45. The van der Waals surface area contributed by atoms with E-state index in [0.29, 0.717) is 12.3 Å². The van der Waals surface area contributed by atoms with Gasteiger partial charge in [-0.3, -0.25) is 0 Å². The normalized spacial score (nSPS) is 10.9. The molecule has 6 heteroatoms. The average Bonchev–Trinajstić information content (AvgIpc) is 2.93. The molecule has 3 aromatic rings. The second kappa shape index (κ2) is 5.26. The van der Waals surface area contributed by atoms with Crippen molar-refractivity contribution in [3.05, 3.63) is 53.5 Å². The first-order valence-corrected chi connectivity index (χ1v) is 6.36. The topological polar surface area (TPSA) is 75.3 Å². The van der Waals surface area contributed by atoms with Crippen LogP contribution < -0.4 is 5.32 Å². The van der Waals surface area contributed by atoms with Crippen LogP contribution in [0.25, 0.3) is 5.78 Å². The molecule has 1 aromatic carbocycles. The van der Waals surface area contributed by atoms with Gasteiger partial charge in [0.05, 0.1) is 6.61 Å². The Hall–Kier alpha value is -2.47. The fourth-order valence-electron chi connectivity index (χ4n) is 2.01. The van der Waals surface area contributed by atoms with E-state index in [1.165, 1.54) is 6.33 Å². The van der Waals surface area contributed by atoms with Crippen LogP contribution in [0.4, 0.5) is 5.82 Å². The van der Waals surface area contributed by atoms with E-state index in [1.807, 2.05) is 37.3 Å². The summed E-state index contributed by atoms with van der Waals surface area (Å²) >= 11 is 0. The van der Waals surface area contributed by atoms with E-state index in [4.69, 9.17) is 5.11 Å². The van der Waals surface area contributed by atoms with Crippen LogP contribution >= 0.6 is 0 Å². The molecule has 0 atom stereocenters. The van der Waals surface area contributed by atoms with Crippen LogP contribution in [0.2, 0.25) is 0 Å². The fraction of sp³-hybridized carbons (Fsp3) is 0.214. The predicted octanol–water partition coefficient (Wildman–Crippen LogP) is 1.54. The first kappa shape index (κ1) is 12.6. The Kier molecular flexibility index (Phi) is 3.30. The summed E-state index contributed by atoms with van der Waals surface area (Å²) in [7, 11) is 0. The van der Waals surface area contributed by atoms with Gasteiger partial charge >= 0.3 is 0 Å². The smallest absolute Gasteiger partial charge is 0.254 e. The molecule has 0 amide bonds. The van der Waals surface area contributed by atoms with Crippen LogP contribution in [0.1, 0.15) is 16.8 Å². The molecular formula is C14H15N5O. The van der Waals surface area contributed by atoms with Gasteiger partial charge in [0.15, 0.2) is 0 Å². The quantitative estimate of drug-likeness (QED) is 0.751. The number of nitrogens with zero attached hydrogens (tertiary/aromatic N) is 4. The first-order valence-electron chi connectivity index (χ1n) is 6.36. The Morgan fingerprint density at radius 1 is 1.20 bits per heavy atom. The SMILES string of the molecule is Cc1cc(NCc2ccc(CO)cc2)n2ncnc2n1. The summed E-state index contributed by atoms with van der Waals surface area (Å²) in [6, 6.07) is 9.75. The molecule has 2 N–H and O–H groups in total. The molecule has 3 rings (SSSR count). The largest absolute Gasteiger partial charge is 0.392 e. The monoisotopic (exact) mass is 269 g/mol. The molecule has 0 unspecified atom stereocenters. The summed E-state index contributed by atoms with van der Waals surface area (Å²) in [5, 5.41) is 16.5. The number of anilines is 1. The third kappa shape index (κ3) is 2.46. The maximum atomic E-state index is 9.02. The molecule has 102 valence electrons. The minimum atomic E-state index is 0.0663. The van der Waals surface area contributed by atoms with Gasteiger partial charge in [0, 0.05) is 18.3 Å². The molecule has 0 fully saturated rings. The highest BCUT2D eigenvalue weighted by atomic mass is 16.3. The molecule has 0 aliphatic heterocycles. The van der Waals surface area contributed by atoms with Gasteiger partial charge < -0.3 is 10.4 Å². The molecule has 6 nitrogen and oxygen atoms in total. The molecule has 20 heavy (non-hydrogen) atoms. The summed E-state index contributed by atoms with van der Waals surface area (Å²) in [4.78, 5) is 8.39. The molecule has 2 aromatic heterocycles. The number of fused-ring (bicyclic) bond motifs is 1. The van der Waals surface area contributed by atoms with Crippen LogP contribution in [0.15, 0.2) is 36.7 Å². The number of aryl methyl sites for hydroxylation is 1. The molecule has 0 saturated heterocycles. The van der Waals surface area contributed by atoms with Crippen molar-refractivity contribution in [1.29, 1.82) is 0 Å². The van der Waals surface area contributed by atoms with E-state index in [2.05, 4.69) is 20.4 Å². The highest BCUT2D eigenvalue weighted by Gasteiger charge is 2.05. The van der Waals surface area contributed by atoms with Crippen molar-refractivity contribution >= 4 is 11.6 Å². The number of nitrogens with one attached hydrogen (secondary N) is 1. The lowest BCUT2D eigenvalue weighted by molar-refractivity contribution is 0.282. The Balaban J connectivity index is 1.80. The van der Waals surface area contributed by atoms with Crippen LogP contribution in [-0.4, -0.2) is 24.7 Å². The van der Waals surface area contributed by atoms with Gasteiger partial charge in [0.2, 0.25) is 0 Å². The summed E-state index contributed by atoms with van der Waals surface area (Å²) in [5.41, 5.74) is 2.93. The van der Waals surface area contributed by atoms with Gasteiger partial charge in [-0.1, -0.05) is 24.3 Å². The lowest BCUT2D eigenvalue weighted by Gasteiger charge is -2.09. The van der Waals surface area contributed by atoms with Gasteiger partial charge in [-0.2, -0.15) is 14.6 Å². The minimum absolute atomic E-state index is 0.0663. The summed E-state index contributed by atoms with van der Waals surface area (Å²) < 4.78 is 1.68. The number of aliphatic hydroxyl groups excluding tert-OH is 1. The third-order valence-corrected chi connectivity index (χ3v) is 3.06. The van der Waals surface area contributed by atoms with E-state index < -0.39 is 0 Å². The minimum Gasteiger partial charge on any atom is -0.392 e.